The predicted molar refractivity (Wildman–Crippen MR) is 63.8 cm³/mol. The molecule has 2 nitrogen and oxygen atoms in total. The van der Waals surface area contributed by atoms with Crippen LogP contribution in [0.4, 0.5) is 0 Å². The minimum absolute atomic E-state index is 0.214. The van der Waals surface area contributed by atoms with Crippen molar-refractivity contribution >= 4 is 5.78 Å². The normalized spacial score (nSPS) is 20.9. The SMILES string of the molecule is Cc1cccc(OC2CCCCC2=O)c1C. The van der Waals surface area contributed by atoms with Gasteiger partial charge in [-0.15, -0.1) is 0 Å². The summed E-state index contributed by atoms with van der Waals surface area (Å²) in [4.78, 5) is 11.7. The molecule has 0 bridgehead atoms. The van der Waals surface area contributed by atoms with E-state index in [9.17, 15) is 4.79 Å². The van der Waals surface area contributed by atoms with E-state index in [1.54, 1.807) is 0 Å². The van der Waals surface area contributed by atoms with Gasteiger partial charge in [0.25, 0.3) is 0 Å². The Kier molecular flexibility index (Phi) is 3.28. The van der Waals surface area contributed by atoms with Crippen LogP contribution in [0.2, 0.25) is 0 Å². The fourth-order valence-corrected chi connectivity index (χ4v) is 2.08. The Balaban J connectivity index is 2.14. The van der Waals surface area contributed by atoms with Crippen LogP contribution in [-0.4, -0.2) is 11.9 Å². The molecule has 0 radical (unpaired) electrons. The van der Waals surface area contributed by atoms with Crippen molar-refractivity contribution in [1.82, 2.24) is 0 Å². The second-order valence-corrected chi connectivity index (χ2v) is 4.52. The lowest BCUT2D eigenvalue weighted by Gasteiger charge is -2.23. The highest BCUT2D eigenvalue weighted by Crippen LogP contribution is 2.25. The van der Waals surface area contributed by atoms with E-state index in [0.29, 0.717) is 6.42 Å². The topological polar surface area (TPSA) is 26.3 Å². The molecule has 1 saturated carbocycles. The van der Waals surface area contributed by atoms with Crippen LogP contribution >= 0.6 is 0 Å². The van der Waals surface area contributed by atoms with Gasteiger partial charge in [-0.25, -0.2) is 0 Å². The van der Waals surface area contributed by atoms with Gasteiger partial charge in [0.1, 0.15) is 5.75 Å². The Hall–Kier alpha value is -1.31. The van der Waals surface area contributed by atoms with Gasteiger partial charge in [-0.05, 0) is 50.3 Å². The number of rotatable bonds is 2. The van der Waals surface area contributed by atoms with Crippen LogP contribution in [-0.2, 0) is 4.79 Å². The largest absolute Gasteiger partial charge is 0.482 e. The maximum atomic E-state index is 11.7. The number of Topliss-reactive ketones (excluding diaryl/α,β-unsaturated/α-hetero) is 1. The highest BCUT2D eigenvalue weighted by atomic mass is 16.5. The Morgan fingerprint density at radius 1 is 1.25 bits per heavy atom. The highest BCUT2D eigenvalue weighted by Gasteiger charge is 2.24. The first kappa shape index (κ1) is 11.2. The van der Waals surface area contributed by atoms with Crippen molar-refractivity contribution in [2.45, 2.75) is 45.6 Å². The number of aryl methyl sites for hydroxylation is 1. The van der Waals surface area contributed by atoms with Crippen LogP contribution in [0.3, 0.4) is 0 Å². The minimum Gasteiger partial charge on any atom is -0.482 e. The second-order valence-electron chi connectivity index (χ2n) is 4.52. The zero-order valence-electron chi connectivity index (χ0n) is 9.95. The van der Waals surface area contributed by atoms with E-state index < -0.39 is 0 Å². The lowest BCUT2D eigenvalue weighted by atomic mass is 9.96. The van der Waals surface area contributed by atoms with Crippen LogP contribution in [0.15, 0.2) is 18.2 Å². The molecule has 1 atom stereocenters. The first-order valence-corrected chi connectivity index (χ1v) is 5.94. The van der Waals surface area contributed by atoms with Crippen molar-refractivity contribution < 1.29 is 9.53 Å². The second kappa shape index (κ2) is 4.69. The summed E-state index contributed by atoms with van der Waals surface area (Å²) in [5.41, 5.74) is 2.35. The van der Waals surface area contributed by atoms with Gasteiger partial charge >= 0.3 is 0 Å². The van der Waals surface area contributed by atoms with Crippen molar-refractivity contribution in [1.29, 1.82) is 0 Å². The molecule has 1 aromatic carbocycles. The molecule has 0 N–H and O–H groups in total. The number of benzene rings is 1. The molecule has 1 aliphatic rings. The van der Waals surface area contributed by atoms with E-state index in [4.69, 9.17) is 4.74 Å². The summed E-state index contributed by atoms with van der Waals surface area (Å²) in [5, 5.41) is 0. The number of hydrogen-bond acceptors (Lipinski definition) is 2. The molecule has 1 aliphatic carbocycles. The van der Waals surface area contributed by atoms with E-state index in [0.717, 1.165) is 30.6 Å². The third kappa shape index (κ3) is 2.26. The summed E-state index contributed by atoms with van der Waals surface area (Å²) in [5.74, 6) is 1.12. The fraction of sp³-hybridized carbons (Fsp3) is 0.500. The van der Waals surface area contributed by atoms with Crippen molar-refractivity contribution in [2.24, 2.45) is 0 Å². The molecule has 1 aromatic rings. The minimum atomic E-state index is -0.214. The van der Waals surface area contributed by atoms with Gasteiger partial charge in [-0.1, -0.05) is 12.1 Å². The lowest BCUT2D eigenvalue weighted by Crippen LogP contribution is -2.30. The van der Waals surface area contributed by atoms with Gasteiger partial charge in [-0.3, -0.25) is 4.79 Å². The average molecular weight is 218 g/mol. The van der Waals surface area contributed by atoms with E-state index >= 15 is 0 Å². The summed E-state index contributed by atoms with van der Waals surface area (Å²) >= 11 is 0. The quantitative estimate of drug-likeness (QED) is 0.762. The Morgan fingerprint density at radius 3 is 2.81 bits per heavy atom. The van der Waals surface area contributed by atoms with Crippen LogP contribution in [0, 0.1) is 13.8 Å². The zero-order chi connectivity index (χ0) is 11.5. The maximum absolute atomic E-state index is 11.7. The Labute approximate surface area is 96.6 Å². The lowest BCUT2D eigenvalue weighted by molar-refractivity contribution is -0.127. The molecule has 0 heterocycles. The summed E-state index contributed by atoms with van der Waals surface area (Å²) in [6.45, 7) is 4.10. The molecule has 1 unspecified atom stereocenters. The van der Waals surface area contributed by atoms with Gasteiger partial charge in [0.2, 0.25) is 0 Å². The summed E-state index contributed by atoms with van der Waals surface area (Å²) < 4.78 is 5.83. The monoisotopic (exact) mass is 218 g/mol. The van der Waals surface area contributed by atoms with Crippen LogP contribution in [0.5, 0.6) is 5.75 Å². The van der Waals surface area contributed by atoms with Crippen LogP contribution < -0.4 is 4.74 Å². The molecule has 86 valence electrons. The van der Waals surface area contributed by atoms with Crippen LogP contribution in [0.1, 0.15) is 36.8 Å². The molecular weight excluding hydrogens is 200 g/mol. The van der Waals surface area contributed by atoms with Gasteiger partial charge < -0.3 is 4.74 Å². The Morgan fingerprint density at radius 2 is 2.06 bits per heavy atom. The predicted octanol–water partition coefficient (Wildman–Crippen LogP) is 3.19. The molecule has 1 fully saturated rings. The number of ether oxygens (including phenoxy) is 1. The molecule has 16 heavy (non-hydrogen) atoms. The van der Waals surface area contributed by atoms with Crippen LogP contribution in [0.25, 0.3) is 0 Å². The zero-order valence-corrected chi connectivity index (χ0v) is 9.95. The third-order valence-electron chi connectivity index (χ3n) is 3.32. The molecular formula is C14H18O2. The first-order chi connectivity index (χ1) is 7.68. The molecule has 0 amide bonds. The first-order valence-electron chi connectivity index (χ1n) is 5.94. The molecule has 0 aromatic heterocycles. The van der Waals surface area contributed by atoms with Gasteiger partial charge in [0, 0.05) is 6.42 Å². The number of ketones is 1. The van der Waals surface area contributed by atoms with Crippen molar-refractivity contribution in [2.75, 3.05) is 0 Å². The molecule has 0 saturated heterocycles. The van der Waals surface area contributed by atoms with Gasteiger partial charge in [0.15, 0.2) is 11.9 Å². The van der Waals surface area contributed by atoms with E-state index in [1.807, 2.05) is 19.1 Å². The Bertz CT molecular complexity index is 396. The smallest absolute Gasteiger partial charge is 0.173 e. The highest BCUT2D eigenvalue weighted by molar-refractivity contribution is 5.84. The molecule has 0 spiro atoms. The summed E-state index contributed by atoms with van der Waals surface area (Å²) in [6.07, 6.45) is 3.45. The van der Waals surface area contributed by atoms with Gasteiger partial charge in [-0.2, -0.15) is 0 Å². The van der Waals surface area contributed by atoms with Crippen molar-refractivity contribution in [3.05, 3.63) is 29.3 Å². The number of hydrogen-bond donors (Lipinski definition) is 0. The molecule has 2 rings (SSSR count). The van der Waals surface area contributed by atoms with Crippen molar-refractivity contribution in [3.8, 4) is 5.75 Å². The average Bonchev–Trinajstić information content (AvgIpc) is 2.28. The van der Waals surface area contributed by atoms with E-state index in [1.165, 1.54) is 5.56 Å². The maximum Gasteiger partial charge on any atom is 0.173 e. The molecule has 2 heteroatoms. The van der Waals surface area contributed by atoms with Crippen molar-refractivity contribution in [3.63, 3.8) is 0 Å². The van der Waals surface area contributed by atoms with E-state index in [-0.39, 0.29) is 11.9 Å². The van der Waals surface area contributed by atoms with Gasteiger partial charge in [0.05, 0.1) is 0 Å². The summed E-state index contributed by atoms with van der Waals surface area (Å²) in [6, 6.07) is 5.99. The molecule has 0 aliphatic heterocycles. The number of carbonyl (C=O) groups is 1. The fourth-order valence-electron chi connectivity index (χ4n) is 2.08. The summed E-state index contributed by atoms with van der Waals surface area (Å²) in [7, 11) is 0. The van der Waals surface area contributed by atoms with E-state index in [2.05, 4.69) is 13.0 Å². The number of carbonyl (C=O) groups excluding carboxylic acids is 1. The third-order valence-corrected chi connectivity index (χ3v) is 3.32. The standard InChI is InChI=1S/C14H18O2/c1-10-6-5-9-13(11(10)2)16-14-8-4-3-7-12(14)15/h5-6,9,14H,3-4,7-8H2,1-2H3.